The number of nitrogens with one attached hydrogen (secondary N) is 2. The highest BCUT2D eigenvalue weighted by molar-refractivity contribution is 6.05. The van der Waals surface area contributed by atoms with E-state index in [0.29, 0.717) is 0 Å². The molecule has 2 heterocycles. The maximum Gasteiger partial charge on any atom is 0.254 e. The summed E-state index contributed by atoms with van der Waals surface area (Å²) >= 11 is 0. The number of carbonyl (C=O) groups excluding carboxylic acids is 1. The molecule has 0 radical (unpaired) electrons. The fraction of sp³-hybridized carbons (Fsp3) is 0.222. The fourth-order valence-electron chi connectivity index (χ4n) is 3.23. The monoisotopic (exact) mass is 306 g/mol. The molecule has 1 aliphatic rings. The molecular formula is C18H18N4O. The number of anilines is 2. The highest BCUT2D eigenvalue weighted by Crippen LogP contribution is 2.36. The largest absolute Gasteiger partial charge is 0.355 e. The van der Waals surface area contributed by atoms with Crippen molar-refractivity contribution in [2.75, 3.05) is 5.32 Å². The van der Waals surface area contributed by atoms with Crippen LogP contribution in [0.15, 0.2) is 42.6 Å². The number of fused-ring (bicyclic) bond motifs is 2. The van der Waals surface area contributed by atoms with Crippen molar-refractivity contribution in [3.8, 4) is 0 Å². The predicted molar refractivity (Wildman–Crippen MR) is 90.9 cm³/mol. The number of aromatic nitrogens is 2. The first-order chi connectivity index (χ1) is 11.0. The summed E-state index contributed by atoms with van der Waals surface area (Å²) in [5.74, 6) is -0.0319. The summed E-state index contributed by atoms with van der Waals surface area (Å²) in [6.45, 7) is 4.03. The lowest BCUT2D eigenvalue weighted by Crippen LogP contribution is -2.32. The third kappa shape index (κ3) is 2.08. The normalized spacial score (nSPS) is 15.5. The zero-order valence-corrected chi connectivity index (χ0v) is 13.3. The minimum Gasteiger partial charge on any atom is -0.355 e. The molecule has 5 nitrogen and oxygen atoms in total. The average Bonchev–Trinajstić information content (AvgIpc) is 2.98. The molecule has 0 saturated carbocycles. The zero-order valence-electron chi connectivity index (χ0n) is 13.3. The van der Waals surface area contributed by atoms with Gasteiger partial charge in [0, 0.05) is 18.1 Å². The van der Waals surface area contributed by atoms with Gasteiger partial charge in [-0.1, -0.05) is 12.1 Å². The van der Waals surface area contributed by atoms with E-state index in [1.54, 1.807) is 0 Å². The van der Waals surface area contributed by atoms with Gasteiger partial charge in [-0.15, -0.1) is 0 Å². The van der Waals surface area contributed by atoms with E-state index in [4.69, 9.17) is 0 Å². The van der Waals surface area contributed by atoms with Crippen molar-refractivity contribution in [1.29, 1.82) is 0 Å². The van der Waals surface area contributed by atoms with Crippen molar-refractivity contribution < 1.29 is 4.79 Å². The maximum absolute atomic E-state index is 12.3. The van der Waals surface area contributed by atoms with Crippen molar-refractivity contribution in [2.45, 2.75) is 19.4 Å². The minimum atomic E-state index is -0.336. The van der Waals surface area contributed by atoms with Crippen LogP contribution in [0.1, 0.15) is 29.8 Å². The number of nitrogens with zero attached hydrogens (tertiary/aromatic N) is 2. The van der Waals surface area contributed by atoms with E-state index < -0.39 is 0 Å². The molecule has 1 aliphatic heterocycles. The SMILES string of the molecule is Cn1ncc2cc(Nc3cccc4c3C(=O)NC4(C)C)ccc21. The van der Waals surface area contributed by atoms with E-state index in [-0.39, 0.29) is 11.4 Å². The molecule has 1 amide bonds. The second kappa shape index (κ2) is 4.59. The predicted octanol–water partition coefficient (Wildman–Crippen LogP) is 3.30. The van der Waals surface area contributed by atoms with E-state index >= 15 is 0 Å². The lowest BCUT2D eigenvalue weighted by atomic mass is 9.94. The van der Waals surface area contributed by atoms with Gasteiger partial charge in [0.15, 0.2) is 0 Å². The van der Waals surface area contributed by atoms with Gasteiger partial charge in [-0.3, -0.25) is 9.48 Å². The summed E-state index contributed by atoms with van der Waals surface area (Å²) in [5.41, 5.74) is 4.26. The second-order valence-corrected chi connectivity index (χ2v) is 6.47. The summed E-state index contributed by atoms with van der Waals surface area (Å²) in [6, 6.07) is 12.0. The number of rotatable bonds is 2. The maximum atomic E-state index is 12.3. The first-order valence-electron chi connectivity index (χ1n) is 7.60. The van der Waals surface area contributed by atoms with Crippen LogP contribution < -0.4 is 10.6 Å². The Hall–Kier alpha value is -2.82. The van der Waals surface area contributed by atoms with Crippen LogP contribution >= 0.6 is 0 Å². The van der Waals surface area contributed by atoms with Crippen molar-refractivity contribution >= 4 is 28.2 Å². The molecule has 0 bridgehead atoms. The van der Waals surface area contributed by atoms with Gasteiger partial charge in [-0.25, -0.2) is 0 Å². The molecule has 23 heavy (non-hydrogen) atoms. The number of carbonyl (C=O) groups is 1. The lowest BCUT2D eigenvalue weighted by Gasteiger charge is -2.19. The lowest BCUT2D eigenvalue weighted by molar-refractivity contribution is 0.0941. The van der Waals surface area contributed by atoms with Crippen molar-refractivity contribution in [2.24, 2.45) is 7.05 Å². The van der Waals surface area contributed by atoms with E-state index in [1.807, 2.05) is 68.2 Å². The first-order valence-corrected chi connectivity index (χ1v) is 7.60. The number of aryl methyl sites for hydroxylation is 1. The molecule has 2 N–H and O–H groups in total. The van der Waals surface area contributed by atoms with E-state index in [1.165, 1.54) is 0 Å². The Balaban J connectivity index is 1.77. The number of hydrogen-bond acceptors (Lipinski definition) is 3. The molecule has 2 aromatic carbocycles. The van der Waals surface area contributed by atoms with Crippen LogP contribution in [0.25, 0.3) is 10.9 Å². The third-order valence-corrected chi connectivity index (χ3v) is 4.42. The van der Waals surface area contributed by atoms with Crippen LogP contribution in [-0.4, -0.2) is 15.7 Å². The highest BCUT2D eigenvalue weighted by atomic mass is 16.2. The molecule has 4 rings (SSSR count). The number of hydrogen-bond donors (Lipinski definition) is 2. The minimum absolute atomic E-state index is 0.0319. The van der Waals surface area contributed by atoms with Crippen molar-refractivity contribution in [1.82, 2.24) is 15.1 Å². The summed E-state index contributed by atoms with van der Waals surface area (Å²) in [4.78, 5) is 12.3. The van der Waals surface area contributed by atoms with E-state index in [0.717, 1.165) is 33.4 Å². The summed E-state index contributed by atoms with van der Waals surface area (Å²) < 4.78 is 1.84. The number of amides is 1. The van der Waals surface area contributed by atoms with Crippen molar-refractivity contribution in [3.05, 3.63) is 53.7 Å². The molecule has 0 unspecified atom stereocenters. The first kappa shape index (κ1) is 13.8. The molecule has 0 spiro atoms. The van der Waals surface area contributed by atoms with Crippen LogP contribution in [0.5, 0.6) is 0 Å². The Morgan fingerprint density at radius 2 is 2.04 bits per heavy atom. The molecule has 0 saturated heterocycles. The standard InChI is InChI=1S/C18H18N4O/c1-18(2)13-5-4-6-14(16(13)17(23)21-18)20-12-7-8-15-11(9-12)10-19-22(15)3/h4-10,20H,1-3H3,(H,21,23). The molecule has 0 atom stereocenters. The Kier molecular flexibility index (Phi) is 2.75. The van der Waals surface area contributed by atoms with Gasteiger partial charge in [0.25, 0.3) is 5.91 Å². The van der Waals surface area contributed by atoms with Crippen LogP contribution in [0.2, 0.25) is 0 Å². The zero-order chi connectivity index (χ0) is 16.2. The molecule has 0 aliphatic carbocycles. The van der Waals surface area contributed by atoms with E-state index in [2.05, 4.69) is 15.7 Å². The molecular weight excluding hydrogens is 288 g/mol. The van der Waals surface area contributed by atoms with Gasteiger partial charge in [0.1, 0.15) is 0 Å². The van der Waals surface area contributed by atoms with Gasteiger partial charge >= 0.3 is 0 Å². The molecule has 116 valence electrons. The fourth-order valence-corrected chi connectivity index (χ4v) is 3.23. The molecule has 1 aromatic heterocycles. The Morgan fingerprint density at radius 3 is 2.87 bits per heavy atom. The van der Waals surface area contributed by atoms with Crippen molar-refractivity contribution in [3.63, 3.8) is 0 Å². The Labute approximate surface area is 134 Å². The third-order valence-electron chi connectivity index (χ3n) is 4.42. The topological polar surface area (TPSA) is 59.0 Å². The van der Waals surface area contributed by atoms with Gasteiger partial charge in [0.05, 0.1) is 28.5 Å². The highest BCUT2D eigenvalue weighted by Gasteiger charge is 2.36. The van der Waals surface area contributed by atoms with Crippen LogP contribution in [0, 0.1) is 0 Å². The van der Waals surface area contributed by atoms with E-state index in [9.17, 15) is 4.79 Å². The molecule has 0 fully saturated rings. The van der Waals surface area contributed by atoms with Crippen LogP contribution in [-0.2, 0) is 12.6 Å². The number of benzene rings is 2. The van der Waals surface area contributed by atoms with Gasteiger partial charge in [0.2, 0.25) is 0 Å². The van der Waals surface area contributed by atoms with Crippen LogP contribution in [0.4, 0.5) is 11.4 Å². The second-order valence-electron chi connectivity index (χ2n) is 6.47. The smallest absolute Gasteiger partial charge is 0.254 e. The Morgan fingerprint density at radius 1 is 1.22 bits per heavy atom. The summed E-state index contributed by atoms with van der Waals surface area (Å²) in [7, 11) is 1.92. The Bertz CT molecular complexity index is 939. The molecule has 3 aromatic rings. The van der Waals surface area contributed by atoms with Gasteiger partial charge in [-0.2, -0.15) is 5.10 Å². The summed E-state index contributed by atoms with van der Waals surface area (Å²) in [5, 5.41) is 11.7. The summed E-state index contributed by atoms with van der Waals surface area (Å²) in [6.07, 6.45) is 1.84. The quantitative estimate of drug-likeness (QED) is 0.764. The van der Waals surface area contributed by atoms with Gasteiger partial charge < -0.3 is 10.6 Å². The average molecular weight is 306 g/mol. The van der Waals surface area contributed by atoms with Gasteiger partial charge in [-0.05, 0) is 43.7 Å². The molecule has 5 heteroatoms. The van der Waals surface area contributed by atoms with Crippen LogP contribution in [0.3, 0.4) is 0 Å².